The first kappa shape index (κ1) is 16.9. The molecule has 0 radical (unpaired) electrons. The fraction of sp³-hybridized carbons (Fsp3) is 0.176. The molecule has 1 unspecified atom stereocenters. The molecule has 0 fully saturated rings. The molecule has 0 aliphatic heterocycles. The van der Waals surface area contributed by atoms with Crippen LogP contribution in [0.25, 0.3) is 0 Å². The Morgan fingerprint density at radius 3 is 2.55 bits per heavy atom. The Morgan fingerprint density at radius 1 is 1.18 bits per heavy atom. The van der Waals surface area contributed by atoms with Crippen molar-refractivity contribution in [1.29, 1.82) is 0 Å². The van der Waals surface area contributed by atoms with Crippen molar-refractivity contribution >= 4 is 45.8 Å². The summed E-state index contributed by atoms with van der Waals surface area (Å²) >= 11 is 7.44. The fourth-order valence-corrected chi connectivity index (χ4v) is 2.88. The van der Waals surface area contributed by atoms with Crippen LogP contribution in [0.15, 0.2) is 54.6 Å². The number of thiocarbonyl (C=S) groups is 1. The number of nitrogens with one attached hydrogen (secondary N) is 2. The van der Waals surface area contributed by atoms with Gasteiger partial charge >= 0.3 is 0 Å². The summed E-state index contributed by atoms with van der Waals surface area (Å²) in [7, 11) is 0. The van der Waals surface area contributed by atoms with Crippen LogP contribution in [0.5, 0.6) is 0 Å². The summed E-state index contributed by atoms with van der Waals surface area (Å²) in [5.74, 6) is -0.195. The first-order valence-electron chi connectivity index (χ1n) is 7.02. The van der Waals surface area contributed by atoms with Crippen molar-refractivity contribution in [2.75, 3.05) is 0 Å². The minimum Gasteiger partial charge on any atom is -0.356 e. The number of hydrogen-bond donors (Lipinski definition) is 2. The minimum atomic E-state index is -0.195. The largest absolute Gasteiger partial charge is 0.356 e. The molecular formula is C17H17IN2OS. The van der Waals surface area contributed by atoms with Gasteiger partial charge in [-0.05, 0) is 65.0 Å². The lowest BCUT2D eigenvalue weighted by Crippen LogP contribution is -2.40. The lowest BCUT2D eigenvalue weighted by molar-refractivity contribution is 0.0976. The van der Waals surface area contributed by atoms with E-state index >= 15 is 0 Å². The van der Waals surface area contributed by atoms with Gasteiger partial charge in [0.1, 0.15) is 0 Å². The van der Waals surface area contributed by atoms with Gasteiger partial charge in [0.25, 0.3) is 5.91 Å². The molecule has 5 heteroatoms. The van der Waals surface area contributed by atoms with E-state index in [1.165, 1.54) is 0 Å². The normalized spacial score (nSPS) is 11.5. The van der Waals surface area contributed by atoms with Crippen LogP contribution in [-0.4, -0.2) is 11.0 Å². The average Bonchev–Trinajstić information content (AvgIpc) is 2.53. The Morgan fingerprint density at radius 2 is 1.91 bits per heavy atom. The first-order valence-corrected chi connectivity index (χ1v) is 8.51. The van der Waals surface area contributed by atoms with Crippen LogP contribution >= 0.6 is 34.8 Å². The smallest absolute Gasteiger partial charge is 0.257 e. The summed E-state index contributed by atoms with van der Waals surface area (Å²) in [6, 6.07) is 17.5. The predicted octanol–water partition coefficient (Wildman–Crippen LogP) is 4.05. The highest BCUT2D eigenvalue weighted by molar-refractivity contribution is 14.1. The monoisotopic (exact) mass is 424 g/mol. The predicted molar refractivity (Wildman–Crippen MR) is 102 cm³/mol. The van der Waals surface area contributed by atoms with Gasteiger partial charge < -0.3 is 5.32 Å². The van der Waals surface area contributed by atoms with Gasteiger partial charge in [-0.25, -0.2) is 0 Å². The molecular weight excluding hydrogens is 407 g/mol. The molecule has 0 bridgehead atoms. The average molecular weight is 424 g/mol. The van der Waals surface area contributed by atoms with E-state index in [1.807, 2.05) is 48.5 Å². The van der Waals surface area contributed by atoms with Crippen LogP contribution in [0, 0.1) is 3.57 Å². The molecule has 2 rings (SSSR count). The summed E-state index contributed by atoms with van der Waals surface area (Å²) in [6.45, 7) is 2.08. The van der Waals surface area contributed by atoms with Gasteiger partial charge in [-0.3, -0.25) is 10.1 Å². The second-order valence-corrected chi connectivity index (χ2v) is 6.46. The van der Waals surface area contributed by atoms with E-state index in [1.54, 1.807) is 6.07 Å². The molecule has 3 nitrogen and oxygen atoms in total. The molecule has 0 aliphatic rings. The molecule has 114 valence electrons. The summed E-state index contributed by atoms with van der Waals surface area (Å²) in [6.07, 6.45) is 0.878. The van der Waals surface area contributed by atoms with Gasteiger partial charge in [-0.2, -0.15) is 0 Å². The molecule has 0 spiro atoms. The molecule has 0 saturated heterocycles. The highest BCUT2D eigenvalue weighted by Crippen LogP contribution is 2.15. The van der Waals surface area contributed by atoms with Crippen molar-refractivity contribution in [2.24, 2.45) is 0 Å². The molecule has 1 atom stereocenters. The van der Waals surface area contributed by atoms with Crippen molar-refractivity contribution in [3.8, 4) is 0 Å². The Bertz CT molecular complexity index is 661. The molecule has 0 saturated carbocycles. The van der Waals surface area contributed by atoms with E-state index < -0.39 is 0 Å². The van der Waals surface area contributed by atoms with Crippen molar-refractivity contribution in [1.82, 2.24) is 10.6 Å². The van der Waals surface area contributed by atoms with E-state index in [0.717, 1.165) is 15.6 Å². The van der Waals surface area contributed by atoms with Crippen molar-refractivity contribution in [3.63, 3.8) is 0 Å². The maximum Gasteiger partial charge on any atom is 0.257 e. The minimum absolute atomic E-state index is 0.0879. The van der Waals surface area contributed by atoms with Gasteiger partial charge in [-0.1, -0.05) is 43.3 Å². The second-order valence-electron chi connectivity index (χ2n) is 4.81. The van der Waals surface area contributed by atoms with Crippen molar-refractivity contribution in [3.05, 3.63) is 69.3 Å². The molecule has 1 amide bonds. The SMILES string of the molecule is CCC(NC(=S)NC(=O)c1cccc(I)c1)c1ccccc1. The van der Waals surface area contributed by atoms with Crippen LogP contribution in [0.3, 0.4) is 0 Å². The lowest BCUT2D eigenvalue weighted by Gasteiger charge is -2.19. The van der Waals surface area contributed by atoms with Crippen LogP contribution in [0.1, 0.15) is 35.3 Å². The lowest BCUT2D eigenvalue weighted by atomic mass is 10.1. The van der Waals surface area contributed by atoms with Crippen LogP contribution in [0.4, 0.5) is 0 Å². The van der Waals surface area contributed by atoms with Crippen molar-refractivity contribution < 1.29 is 4.79 Å². The number of rotatable bonds is 4. The van der Waals surface area contributed by atoms with Crippen molar-refractivity contribution in [2.45, 2.75) is 19.4 Å². The van der Waals surface area contributed by atoms with Gasteiger partial charge in [0.05, 0.1) is 6.04 Å². The van der Waals surface area contributed by atoms with E-state index in [4.69, 9.17) is 12.2 Å². The zero-order chi connectivity index (χ0) is 15.9. The Hall–Kier alpha value is -1.47. The maximum atomic E-state index is 12.2. The first-order chi connectivity index (χ1) is 10.6. The number of halogens is 1. The molecule has 0 heterocycles. The number of amides is 1. The van der Waals surface area contributed by atoms with Gasteiger partial charge in [0.2, 0.25) is 0 Å². The number of hydrogen-bond acceptors (Lipinski definition) is 2. The molecule has 2 N–H and O–H groups in total. The molecule has 2 aromatic rings. The molecule has 0 aliphatic carbocycles. The molecule has 22 heavy (non-hydrogen) atoms. The third-order valence-electron chi connectivity index (χ3n) is 3.23. The van der Waals surface area contributed by atoms with Crippen LogP contribution in [-0.2, 0) is 0 Å². The van der Waals surface area contributed by atoms with E-state index in [-0.39, 0.29) is 11.9 Å². The van der Waals surface area contributed by atoms with Gasteiger partial charge in [0, 0.05) is 9.13 Å². The molecule has 2 aromatic carbocycles. The summed E-state index contributed by atoms with van der Waals surface area (Å²) in [5.41, 5.74) is 1.75. The summed E-state index contributed by atoms with van der Waals surface area (Å²) in [4.78, 5) is 12.2. The van der Waals surface area contributed by atoms with Crippen LogP contribution < -0.4 is 10.6 Å². The third kappa shape index (κ3) is 4.78. The highest BCUT2D eigenvalue weighted by Gasteiger charge is 2.13. The van der Waals surface area contributed by atoms with Gasteiger partial charge in [0.15, 0.2) is 5.11 Å². The summed E-state index contributed by atoms with van der Waals surface area (Å²) in [5, 5.41) is 6.28. The quantitative estimate of drug-likeness (QED) is 0.575. The van der Waals surface area contributed by atoms with E-state index in [2.05, 4.69) is 40.1 Å². The highest BCUT2D eigenvalue weighted by atomic mass is 127. The van der Waals surface area contributed by atoms with Gasteiger partial charge in [-0.15, -0.1) is 0 Å². The third-order valence-corrected chi connectivity index (χ3v) is 4.12. The zero-order valence-corrected chi connectivity index (χ0v) is 15.1. The van der Waals surface area contributed by atoms with E-state index in [0.29, 0.717) is 10.7 Å². The topological polar surface area (TPSA) is 41.1 Å². The fourth-order valence-electron chi connectivity index (χ4n) is 2.11. The van der Waals surface area contributed by atoms with Crippen LogP contribution in [0.2, 0.25) is 0 Å². The Kier molecular flexibility index (Phi) is 6.33. The second kappa shape index (κ2) is 8.24. The number of benzene rings is 2. The maximum absolute atomic E-state index is 12.2. The standard InChI is InChI=1S/C17H17IN2OS/c1-2-15(12-7-4-3-5-8-12)19-17(22)20-16(21)13-9-6-10-14(18)11-13/h3-11,15H,2H2,1H3,(H2,19,20,21,22). The summed E-state index contributed by atoms with van der Waals surface area (Å²) < 4.78 is 1.01. The Labute approximate surface area is 149 Å². The van der Waals surface area contributed by atoms with E-state index in [9.17, 15) is 4.79 Å². The molecule has 0 aromatic heterocycles. The number of carbonyl (C=O) groups excluding carboxylic acids is 1. The Balaban J connectivity index is 1.98. The number of carbonyl (C=O) groups is 1. The zero-order valence-electron chi connectivity index (χ0n) is 12.2.